The number of anilines is 4. The number of benzene rings is 4. The number of rotatable bonds is 16. The van der Waals surface area contributed by atoms with Crippen molar-refractivity contribution in [2.24, 2.45) is 0 Å². The Morgan fingerprint density at radius 1 is 0.364 bits per heavy atom. The molecule has 0 radical (unpaired) electrons. The molecule has 8 nitrogen and oxygen atoms in total. The van der Waals surface area contributed by atoms with E-state index in [2.05, 4.69) is 198 Å². The molecule has 4 aromatic carbocycles. The Hall–Kier alpha value is -4.66. The third-order valence-electron chi connectivity index (χ3n) is 11.7. The third-order valence-corrected chi connectivity index (χ3v) is 11.7. The van der Waals surface area contributed by atoms with Crippen LogP contribution in [0.4, 0.5) is 22.7 Å². The lowest BCUT2D eigenvalue weighted by Gasteiger charge is -2.33. The number of hydrogen-bond donors (Lipinski definition) is 0. The molecule has 0 amide bonds. The van der Waals surface area contributed by atoms with Gasteiger partial charge >= 0.3 is 0 Å². The average Bonchev–Trinajstić information content (AvgIpc) is 3.13. The maximum atomic E-state index is 2.57. The molecule has 8 heteroatoms. The van der Waals surface area contributed by atoms with Gasteiger partial charge in [-0.2, -0.15) is 9.13 Å². The van der Waals surface area contributed by atoms with Crippen molar-refractivity contribution in [2.45, 2.75) is 32.4 Å². The first-order valence-electron chi connectivity index (χ1n) is 20.2. The van der Waals surface area contributed by atoms with Crippen LogP contribution in [-0.2, 0) is 13.1 Å². The Kier molecular flexibility index (Phi) is 11.8. The lowest BCUT2D eigenvalue weighted by atomic mass is 10.1. The summed E-state index contributed by atoms with van der Waals surface area (Å²) in [6.45, 7) is 6.65. The summed E-state index contributed by atoms with van der Waals surface area (Å²) in [6.07, 6.45) is 3.47. The molecule has 2 aromatic heterocycles. The van der Waals surface area contributed by atoms with Gasteiger partial charge in [-0.25, -0.2) is 0 Å². The van der Waals surface area contributed by atoms with Crippen LogP contribution in [0.25, 0.3) is 43.6 Å². The molecule has 6 rings (SSSR count). The van der Waals surface area contributed by atoms with Crippen LogP contribution >= 0.6 is 0 Å². The fourth-order valence-corrected chi connectivity index (χ4v) is 8.20. The van der Waals surface area contributed by atoms with Gasteiger partial charge in [0.15, 0.2) is 13.1 Å². The number of quaternary nitrogens is 2. The molecule has 0 spiro atoms. The smallest absolute Gasteiger partial charge is 0.215 e. The van der Waals surface area contributed by atoms with Gasteiger partial charge in [-0.1, -0.05) is 0 Å². The van der Waals surface area contributed by atoms with Crippen LogP contribution in [-0.4, -0.2) is 120 Å². The van der Waals surface area contributed by atoms with Crippen LogP contribution in [0.2, 0.25) is 0 Å². The van der Waals surface area contributed by atoms with E-state index in [1.165, 1.54) is 85.9 Å². The van der Waals surface area contributed by atoms with Gasteiger partial charge in [-0.3, -0.25) is 0 Å². The Balaban J connectivity index is 1.11. The normalized spacial score (nSPS) is 12.3. The largest absolute Gasteiger partial charge is 0.377 e. The number of nitrogens with zero attached hydrogens (tertiary/aromatic N) is 8. The Bertz CT molecular complexity index is 1990. The maximum Gasteiger partial charge on any atom is 0.215 e. The second-order valence-electron chi connectivity index (χ2n) is 18.0. The van der Waals surface area contributed by atoms with Gasteiger partial charge in [0.25, 0.3) is 0 Å². The monoisotopic (exact) mass is 745 g/mol. The number of aromatic nitrogens is 2. The molecular formula is C47H68N8+4. The van der Waals surface area contributed by atoms with Crippen molar-refractivity contribution in [3.63, 3.8) is 0 Å². The summed E-state index contributed by atoms with van der Waals surface area (Å²) in [4.78, 5) is 8.82. The lowest BCUT2D eigenvalue weighted by molar-refractivity contribution is -0.911. The first-order valence-corrected chi connectivity index (χ1v) is 20.2. The zero-order valence-corrected chi connectivity index (χ0v) is 36.0. The number of aryl methyl sites for hydroxylation is 2. The van der Waals surface area contributed by atoms with Gasteiger partial charge in [0, 0.05) is 131 Å². The molecule has 55 heavy (non-hydrogen) atoms. The van der Waals surface area contributed by atoms with Crippen molar-refractivity contribution in [1.29, 1.82) is 0 Å². The summed E-state index contributed by atoms with van der Waals surface area (Å²) in [5.74, 6) is 0. The first kappa shape index (κ1) is 40.0. The van der Waals surface area contributed by atoms with Crippen LogP contribution in [0.1, 0.15) is 19.3 Å². The van der Waals surface area contributed by atoms with Crippen LogP contribution < -0.4 is 28.7 Å². The molecule has 292 valence electrons. The van der Waals surface area contributed by atoms with E-state index in [1.807, 2.05) is 0 Å². The zero-order valence-electron chi connectivity index (χ0n) is 36.0. The molecule has 0 N–H and O–H groups in total. The highest BCUT2D eigenvalue weighted by Crippen LogP contribution is 2.27. The van der Waals surface area contributed by atoms with Crippen molar-refractivity contribution in [3.8, 4) is 0 Å². The maximum absolute atomic E-state index is 2.57. The van der Waals surface area contributed by atoms with Gasteiger partial charge < -0.3 is 28.6 Å². The molecule has 0 aliphatic rings. The first-order chi connectivity index (χ1) is 26.0. The van der Waals surface area contributed by atoms with E-state index in [4.69, 9.17) is 0 Å². The summed E-state index contributed by atoms with van der Waals surface area (Å²) in [6, 6.07) is 32.2. The SMILES string of the molecule is CN(C)c1ccc2cc3ccc(N(C)C)cc3[n+](CCC[N+](C)(C)CCC[N+](C)(C)CCC[n+]3c4cc(N(C)C)ccc4cc4ccc(N(C)C)cc43)c2c1. The van der Waals surface area contributed by atoms with Crippen molar-refractivity contribution in [3.05, 3.63) is 84.9 Å². The molecule has 0 atom stereocenters. The fraction of sp³-hybridized carbons (Fsp3) is 0.447. The Morgan fingerprint density at radius 3 is 0.873 bits per heavy atom. The van der Waals surface area contributed by atoms with Gasteiger partial charge in [0.2, 0.25) is 22.1 Å². The minimum absolute atomic E-state index is 0.997. The quantitative estimate of drug-likeness (QED) is 0.0596. The molecular weight excluding hydrogens is 677 g/mol. The van der Waals surface area contributed by atoms with Gasteiger partial charge in [0.05, 0.1) is 67.2 Å². The molecule has 0 saturated carbocycles. The van der Waals surface area contributed by atoms with Crippen molar-refractivity contribution in [2.75, 3.05) is 130 Å². The topological polar surface area (TPSA) is 20.7 Å². The second kappa shape index (κ2) is 16.2. The van der Waals surface area contributed by atoms with Crippen LogP contribution in [0.5, 0.6) is 0 Å². The minimum Gasteiger partial charge on any atom is -0.377 e. The standard InChI is InChI=1S/C47H68N8/c1-48(2)40-20-16-36-30-37-17-21-41(49(3)4)33-45(37)52(44(36)32-40)24-13-26-54(9,10)28-15-29-55(11,12)27-14-25-53-46-34-42(50(5)6)22-18-38(46)31-39-19-23-43(51(7)8)35-47(39)53/h16-23,30-35H,13-15,24-29H2,1-12H3/q+4. The van der Waals surface area contributed by atoms with E-state index < -0.39 is 0 Å². The van der Waals surface area contributed by atoms with E-state index in [9.17, 15) is 0 Å². The van der Waals surface area contributed by atoms with Gasteiger partial charge in [-0.05, 0) is 60.7 Å². The molecule has 0 bridgehead atoms. The van der Waals surface area contributed by atoms with E-state index in [0.717, 1.165) is 48.0 Å². The predicted octanol–water partition coefficient (Wildman–Crippen LogP) is 7.16. The third kappa shape index (κ3) is 9.25. The van der Waals surface area contributed by atoms with Crippen LogP contribution in [0, 0.1) is 0 Å². The summed E-state index contributed by atoms with van der Waals surface area (Å²) >= 11 is 0. The van der Waals surface area contributed by atoms with E-state index in [0.29, 0.717) is 0 Å². The van der Waals surface area contributed by atoms with Crippen LogP contribution in [0.3, 0.4) is 0 Å². The Labute approximate surface area is 331 Å². The lowest BCUT2D eigenvalue weighted by Crippen LogP contribution is -2.48. The Morgan fingerprint density at radius 2 is 0.618 bits per heavy atom. The van der Waals surface area contributed by atoms with E-state index in [1.54, 1.807) is 0 Å². The molecule has 2 heterocycles. The summed E-state index contributed by atoms with van der Waals surface area (Å²) in [5, 5.41) is 5.20. The fourth-order valence-electron chi connectivity index (χ4n) is 8.20. The average molecular weight is 745 g/mol. The van der Waals surface area contributed by atoms with Gasteiger partial charge in [-0.15, -0.1) is 0 Å². The number of pyridine rings is 2. The number of hydrogen-bond acceptors (Lipinski definition) is 4. The number of fused-ring (bicyclic) bond motifs is 4. The highest BCUT2D eigenvalue weighted by Gasteiger charge is 2.24. The molecule has 6 aromatic rings. The summed E-state index contributed by atoms with van der Waals surface area (Å²) < 4.78 is 7.22. The van der Waals surface area contributed by atoms with Gasteiger partial charge in [0.1, 0.15) is 0 Å². The predicted molar refractivity (Wildman–Crippen MR) is 238 cm³/mol. The van der Waals surface area contributed by atoms with E-state index in [-0.39, 0.29) is 0 Å². The van der Waals surface area contributed by atoms with E-state index >= 15 is 0 Å². The molecule has 0 saturated heterocycles. The molecule has 0 unspecified atom stereocenters. The summed E-state index contributed by atoms with van der Waals surface area (Å²) in [5.41, 5.74) is 10.2. The highest BCUT2D eigenvalue weighted by molar-refractivity contribution is 5.92. The van der Waals surface area contributed by atoms with Crippen molar-refractivity contribution < 1.29 is 18.1 Å². The van der Waals surface area contributed by atoms with Crippen molar-refractivity contribution >= 4 is 66.4 Å². The molecule has 0 aliphatic heterocycles. The second-order valence-corrected chi connectivity index (χ2v) is 18.0. The minimum atomic E-state index is 0.997. The summed E-state index contributed by atoms with van der Waals surface area (Å²) in [7, 11) is 26.7. The molecule has 0 fully saturated rings. The van der Waals surface area contributed by atoms with Crippen molar-refractivity contribution in [1.82, 2.24) is 0 Å². The zero-order chi connectivity index (χ0) is 39.7. The van der Waals surface area contributed by atoms with Crippen LogP contribution in [0.15, 0.2) is 84.9 Å². The highest BCUT2D eigenvalue weighted by atomic mass is 15.3. The molecule has 0 aliphatic carbocycles.